The molecule has 8 heteroatoms. The molecule has 0 amide bonds. The summed E-state index contributed by atoms with van der Waals surface area (Å²) < 4.78 is 29.3. The van der Waals surface area contributed by atoms with Gasteiger partial charge in [-0.25, -0.2) is 13.2 Å². The number of carbonyl (C=O) groups is 1. The number of para-hydroxylation sites is 2. The number of fused-ring (bicyclic) bond motifs is 2. The predicted molar refractivity (Wildman–Crippen MR) is 133 cm³/mol. The second-order valence-corrected chi connectivity index (χ2v) is 11.6. The molecule has 0 bridgehead atoms. The quantitative estimate of drug-likeness (QED) is 0.321. The second-order valence-electron chi connectivity index (χ2n) is 8.47. The van der Waals surface area contributed by atoms with Crippen LogP contribution in [0, 0.1) is 0 Å². The van der Waals surface area contributed by atoms with Crippen LogP contribution in [0.25, 0.3) is 11.0 Å². The molecule has 172 valence electrons. The van der Waals surface area contributed by atoms with Crippen LogP contribution in [0.2, 0.25) is 0 Å². The van der Waals surface area contributed by atoms with E-state index in [1.54, 1.807) is 18.2 Å². The number of benzene rings is 3. The van der Waals surface area contributed by atoms with Crippen LogP contribution in [-0.2, 0) is 15.4 Å². The van der Waals surface area contributed by atoms with Crippen LogP contribution in [0.1, 0.15) is 22.8 Å². The number of ketones is 1. The van der Waals surface area contributed by atoms with Crippen molar-refractivity contribution in [3.8, 4) is 0 Å². The summed E-state index contributed by atoms with van der Waals surface area (Å²) in [5, 5.41) is 3.48. The van der Waals surface area contributed by atoms with Gasteiger partial charge in [0.05, 0.1) is 21.2 Å². The number of carbonyl (C=O) groups excluding carboxylic acids is 1. The summed E-state index contributed by atoms with van der Waals surface area (Å²) in [6.45, 7) is 1.82. The Bertz CT molecular complexity index is 1590. The smallest absolute Gasteiger partial charge is 0.341 e. The van der Waals surface area contributed by atoms with Gasteiger partial charge in [-0.3, -0.25) is 4.79 Å². The average molecular weight is 492 g/mol. The summed E-state index contributed by atoms with van der Waals surface area (Å²) >= 11 is 1.37. The highest BCUT2D eigenvalue weighted by molar-refractivity contribution is 8.01. The topological polar surface area (TPSA) is 93.4 Å². The van der Waals surface area contributed by atoms with Crippen LogP contribution < -0.4 is 10.9 Å². The minimum Gasteiger partial charge on any atom is -0.422 e. The molecule has 5 rings (SSSR count). The van der Waals surface area contributed by atoms with Crippen molar-refractivity contribution in [3.05, 3.63) is 100 Å². The molecule has 1 aliphatic heterocycles. The van der Waals surface area contributed by atoms with E-state index < -0.39 is 26.3 Å². The Hall–Kier alpha value is -3.36. The molecule has 6 nitrogen and oxygen atoms in total. The zero-order chi connectivity index (χ0) is 24.1. The van der Waals surface area contributed by atoms with Crippen LogP contribution >= 0.6 is 11.8 Å². The third kappa shape index (κ3) is 3.82. The number of Topliss-reactive ketones (excluding diaryl/α,β-unsaturated/α-hetero) is 1. The summed E-state index contributed by atoms with van der Waals surface area (Å²) in [4.78, 5) is 27.9. The van der Waals surface area contributed by atoms with Crippen molar-refractivity contribution in [2.45, 2.75) is 27.5 Å². The van der Waals surface area contributed by atoms with Gasteiger partial charge in [0, 0.05) is 27.8 Å². The highest BCUT2D eigenvalue weighted by Crippen LogP contribution is 2.47. The molecule has 1 aromatic heterocycles. The lowest BCUT2D eigenvalue weighted by molar-refractivity contribution is 0.0967. The Morgan fingerprint density at radius 3 is 2.41 bits per heavy atom. The van der Waals surface area contributed by atoms with Crippen molar-refractivity contribution in [1.29, 1.82) is 0 Å². The summed E-state index contributed by atoms with van der Waals surface area (Å²) in [6, 6.07) is 22.5. The standard InChI is InChI=1S/C26H21NO5S2/c1-26(19-15-17-7-3-5-9-21(17)32-25(19)29)24(33-22-10-6-4-8-20(22)27-26)23(28)16-11-13-18(14-12-16)34(2,30)31/h3-15,24,27H,1-2H3/t24-,26+/m0/s1. The fourth-order valence-corrected chi connectivity index (χ4v) is 6.18. The molecule has 2 heterocycles. The molecule has 0 saturated heterocycles. The molecule has 2 atom stereocenters. The lowest BCUT2D eigenvalue weighted by Crippen LogP contribution is -2.50. The van der Waals surface area contributed by atoms with Crippen molar-refractivity contribution >= 4 is 44.0 Å². The monoisotopic (exact) mass is 491 g/mol. The minimum atomic E-state index is -3.38. The van der Waals surface area contributed by atoms with E-state index in [0.29, 0.717) is 16.7 Å². The zero-order valence-corrected chi connectivity index (χ0v) is 20.1. The van der Waals surface area contributed by atoms with Crippen molar-refractivity contribution in [2.24, 2.45) is 0 Å². The summed E-state index contributed by atoms with van der Waals surface area (Å²) in [7, 11) is -3.38. The molecule has 0 spiro atoms. The van der Waals surface area contributed by atoms with E-state index in [4.69, 9.17) is 4.42 Å². The van der Waals surface area contributed by atoms with Gasteiger partial charge in [-0.05, 0) is 43.3 Å². The van der Waals surface area contributed by atoms with E-state index in [0.717, 1.165) is 22.2 Å². The van der Waals surface area contributed by atoms with Crippen LogP contribution in [-0.4, -0.2) is 25.7 Å². The molecule has 0 unspecified atom stereocenters. The molecular weight excluding hydrogens is 470 g/mol. The Labute approximate surface area is 200 Å². The second kappa shape index (κ2) is 8.14. The largest absolute Gasteiger partial charge is 0.422 e. The molecule has 34 heavy (non-hydrogen) atoms. The number of hydrogen-bond donors (Lipinski definition) is 1. The first-order valence-corrected chi connectivity index (χ1v) is 13.4. The molecule has 1 N–H and O–H groups in total. The van der Waals surface area contributed by atoms with Crippen molar-refractivity contribution in [3.63, 3.8) is 0 Å². The molecule has 1 aliphatic rings. The number of hydrogen-bond acceptors (Lipinski definition) is 7. The molecule has 4 aromatic rings. The first-order valence-electron chi connectivity index (χ1n) is 10.6. The number of thioether (sulfide) groups is 1. The van der Waals surface area contributed by atoms with Gasteiger partial charge < -0.3 is 9.73 Å². The summed E-state index contributed by atoms with van der Waals surface area (Å²) in [5.41, 5.74) is 0.402. The zero-order valence-electron chi connectivity index (χ0n) is 18.4. The number of nitrogens with one attached hydrogen (secondary N) is 1. The SMILES string of the molecule is C[C@]1(c2cc3ccccc3oc2=O)Nc2ccccc2S[C@H]1C(=O)c1ccc(S(C)(=O)=O)cc1. The lowest BCUT2D eigenvalue weighted by atomic mass is 9.84. The van der Waals surface area contributed by atoms with Crippen molar-refractivity contribution < 1.29 is 17.6 Å². The van der Waals surface area contributed by atoms with E-state index in [9.17, 15) is 18.0 Å². The normalized spacial score (nSPS) is 19.9. The van der Waals surface area contributed by atoms with E-state index in [-0.39, 0.29) is 10.7 Å². The number of sulfone groups is 1. The van der Waals surface area contributed by atoms with Gasteiger partial charge in [-0.15, -0.1) is 11.8 Å². The maximum absolute atomic E-state index is 13.8. The Kier molecular flexibility index (Phi) is 5.37. The molecule has 0 saturated carbocycles. The fraction of sp³-hybridized carbons (Fsp3) is 0.154. The lowest BCUT2D eigenvalue weighted by Gasteiger charge is -2.42. The van der Waals surface area contributed by atoms with Gasteiger partial charge in [0.1, 0.15) is 5.58 Å². The van der Waals surface area contributed by atoms with E-state index in [2.05, 4.69) is 5.32 Å². The minimum absolute atomic E-state index is 0.141. The first kappa shape index (κ1) is 22.4. The summed E-state index contributed by atoms with van der Waals surface area (Å²) in [5.74, 6) is -0.220. The van der Waals surface area contributed by atoms with Crippen molar-refractivity contribution in [2.75, 3.05) is 11.6 Å². The van der Waals surface area contributed by atoms with E-state index in [1.807, 2.05) is 43.3 Å². The van der Waals surface area contributed by atoms with Gasteiger partial charge in [0.25, 0.3) is 0 Å². The molecule has 0 fully saturated rings. The highest BCUT2D eigenvalue weighted by atomic mass is 32.2. The Morgan fingerprint density at radius 2 is 1.68 bits per heavy atom. The van der Waals surface area contributed by atoms with Gasteiger partial charge in [0.15, 0.2) is 15.6 Å². The molecule has 0 radical (unpaired) electrons. The van der Waals surface area contributed by atoms with Gasteiger partial charge in [-0.2, -0.15) is 0 Å². The Morgan fingerprint density at radius 1 is 1.00 bits per heavy atom. The van der Waals surface area contributed by atoms with Crippen molar-refractivity contribution in [1.82, 2.24) is 0 Å². The third-order valence-corrected chi connectivity index (χ3v) is 8.72. The van der Waals surface area contributed by atoms with E-state index >= 15 is 0 Å². The number of anilines is 1. The highest BCUT2D eigenvalue weighted by Gasteiger charge is 2.47. The molecule has 3 aromatic carbocycles. The Balaban J connectivity index is 1.65. The van der Waals surface area contributed by atoms with Gasteiger partial charge >= 0.3 is 5.63 Å². The summed E-state index contributed by atoms with van der Waals surface area (Å²) in [6.07, 6.45) is 1.12. The number of rotatable bonds is 4. The maximum atomic E-state index is 13.8. The van der Waals surface area contributed by atoms with Crippen LogP contribution in [0.5, 0.6) is 0 Å². The average Bonchev–Trinajstić information content (AvgIpc) is 2.82. The van der Waals surface area contributed by atoms with Gasteiger partial charge in [0.2, 0.25) is 0 Å². The van der Waals surface area contributed by atoms with Crippen LogP contribution in [0.15, 0.2) is 97.9 Å². The fourth-order valence-electron chi connectivity index (χ4n) is 4.23. The third-order valence-electron chi connectivity index (χ3n) is 6.06. The maximum Gasteiger partial charge on any atom is 0.341 e. The molecule has 0 aliphatic carbocycles. The predicted octanol–water partition coefficient (Wildman–Crippen LogP) is 4.88. The van der Waals surface area contributed by atoms with Crippen LogP contribution in [0.4, 0.5) is 5.69 Å². The van der Waals surface area contributed by atoms with Crippen LogP contribution in [0.3, 0.4) is 0 Å². The molecular formula is C26H21NO5S2. The first-order chi connectivity index (χ1) is 16.2. The van der Waals surface area contributed by atoms with E-state index in [1.165, 1.54) is 36.0 Å². The van der Waals surface area contributed by atoms with Gasteiger partial charge in [-0.1, -0.05) is 42.5 Å².